The molecule has 0 aromatic rings. The Morgan fingerprint density at radius 1 is 0.889 bits per heavy atom. The zero-order valence-electron chi connectivity index (χ0n) is 19.2. The van der Waals surface area contributed by atoms with E-state index >= 15 is 0 Å². The fraction of sp³-hybridized carbons (Fsp3) is 1.00. The van der Waals surface area contributed by atoms with Gasteiger partial charge in [0.05, 0.1) is 0 Å². The second-order valence-electron chi connectivity index (χ2n) is 12.9. The summed E-state index contributed by atoms with van der Waals surface area (Å²) >= 11 is 0. The highest BCUT2D eigenvalue weighted by molar-refractivity contribution is 5.15. The molecule has 0 aliphatic heterocycles. The molecule has 4 saturated carbocycles. The zero-order valence-corrected chi connectivity index (χ0v) is 19.2. The normalized spacial score (nSPS) is 50.2. The van der Waals surface area contributed by atoms with Gasteiger partial charge in [0, 0.05) is 5.54 Å². The number of hydrogen-bond acceptors (Lipinski definition) is 1. The fourth-order valence-electron chi connectivity index (χ4n) is 8.65. The van der Waals surface area contributed by atoms with Gasteiger partial charge < -0.3 is 5.73 Å². The van der Waals surface area contributed by atoms with Gasteiger partial charge in [-0.1, -0.05) is 54.4 Å². The van der Waals surface area contributed by atoms with E-state index in [1.807, 2.05) is 0 Å². The molecule has 0 aromatic heterocycles. The predicted octanol–water partition coefficient (Wildman–Crippen LogP) is 7.19. The Balaban J connectivity index is 1.57. The van der Waals surface area contributed by atoms with Gasteiger partial charge in [0.1, 0.15) is 0 Å². The van der Waals surface area contributed by atoms with Crippen LogP contribution in [0.3, 0.4) is 0 Å². The van der Waals surface area contributed by atoms with Gasteiger partial charge in [-0.25, -0.2) is 0 Å². The Labute approximate surface area is 169 Å². The summed E-state index contributed by atoms with van der Waals surface area (Å²) in [5.74, 6) is 4.59. The van der Waals surface area contributed by atoms with Gasteiger partial charge in [0.2, 0.25) is 0 Å². The third kappa shape index (κ3) is 2.88. The monoisotopic (exact) mass is 373 g/mol. The first-order valence-corrected chi connectivity index (χ1v) is 12.3. The summed E-state index contributed by atoms with van der Waals surface area (Å²) in [5.41, 5.74) is 8.78. The average Bonchev–Trinajstić information content (AvgIpc) is 2.91. The molecule has 7 unspecified atom stereocenters. The molecule has 0 heterocycles. The number of nitrogens with two attached hydrogens (primary N) is 1. The lowest BCUT2D eigenvalue weighted by Crippen LogP contribution is -2.65. The van der Waals surface area contributed by atoms with E-state index in [0.29, 0.717) is 16.2 Å². The second kappa shape index (κ2) is 6.48. The van der Waals surface area contributed by atoms with Crippen LogP contribution in [-0.4, -0.2) is 5.54 Å². The van der Waals surface area contributed by atoms with Crippen LogP contribution < -0.4 is 5.73 Å². The molecule has 2 N–H and O–H groups in total. The Morgan fingerprint density at radius 3 is 2.30 bits per heavy atom. The second-order valence-corrected chi connectivity index (χ2v) is 12.9. The molecular weight excluding hydrogens is 326 g/mol. The summed E-state index contributed by atoms with van der Waals surface area (Å²) in [7, 11) is 0. The summed E-state index contributed by atoms with van der Waals surface area (Å²) in [6.07, 6.45) is 15.6. The minimum Gasteiger partial charge on any atom is -0.325 e. The third-order valence-corrected chi connectivity index (χ3v) is 11.4. The van der Waals surface area contributed by atoms with Gasteiger partial charge >= 0.3 is 0 Å². The molecule has 1 heteroatoms. The molecular formula is C26H47N. The minimum atomic E-state index is 0.151. The van der Waals surface area contributed by atoms with Crippen LogP contribution in [0.4, 0.5) is 0 Å². The fourth-order valence-corrected chi connectivity index (χ4v) is 8.65. The lowest BCUT2D eigenvalue weighted by Gasteiger charge is -2.64. The Hall–Kier alpha value is -0.0400. The van der Waals surface area contributed by atoms with Crippen molar-refractivity contribution in [2.45, 2.75) is 118 Å². The van der Waals surface area contributed by atoms with Crippen LogP contribution in [0.1, 0.15) is 112 Å². The number of hydrogen-bond donors (Lipinski definition) is 1. The summed E-state index contributed by atoms with van der Waals surface area (Å²) in [6.45, 7) is 15.2. The van der Waals surface area contributed by atoms with Crippen LogP contribution in [0.5, 0.6) is 0 Å². The van der Waals surface area contributed by atoms with E-state index in [-0.39, 0.29) is 5.54 Å². The van der Waals surface area contributed by atoms with E-state index in [0.717, 1.165) is 29.6 Å². The number of rotatable bonds is 3. The maximum Gasteiger partial charge on any atom is 0.0211 e. The van der Waals surface area contributed by atoms with Crippen LogP contribution in [0, 0.1) is 45.8 Å². The van der Waals surface area contributed by atoms with Crippen LogP contribution >= 0.6 is 0 Å². The van der Waals surface area contributed by atoms with Gasteiger partial charge in [0.15, 0.2) is 0 Å². The lowest BCUT2D eigenvalue weighted by molar-refractivity contribution is -0.124. The van der Waals surface area contributed by atoms with Crippen molar-refractivity contribution in [3.8, 4) is 0 Å². The van der Waals surface area contributed by atoms with Crippen LogP contribution in [0.25, 0.3) is 0 Å². The standard InChI is InChI=1S/C26H47N/c1-18(2)23(3,4)17-19-9-10-21-20-11-16-26(27)14-8-7-13-25(26,6)22(20)12-15-24(19,21)5/h18-22H,7-17,27H2,1-6H3. The van der Waals surface area contributed by atoms with E-state index in [9.17, 15) is 0 Å². The van der Waals surface area contributed by atoms with Gasteiger partial charge in [0.25, 0.3) is 0 Å². The molecule has 27 heavy (non-hydrogen) atoms. The molecule has 7 atom stereocenters. The highest BCUT2D eigenvalue weighted by atomic mass is 14.8. The van der Waals surface area contributed by atoms with Gasteiger partial charge in [-0.2, -0.15) is 0 Å². The molecule has 0 radical (unpaired) electrons. The zero-order chi connectivity index (χ0) is 19.7. The summed E-state index contributed by atoms with van der Waals surface area (Å²) < 4.78 is 0. The first-order valence-electron chi connectivity index (χ1n) is 12.3. The van der Waals surface area contributed by atoms with E-state index in [2.05, 4.69) is 41.5 Å². The summed E-state index contributed by atoms with van der Waals surface area (Å²) in [6, 6.07) is 0. The molecule has 0 saturated heterocycles. The third-order valence-electron chi connectivity index (χ3n) is 11.4. The molecule has 4 rings (SSSR count). The Kier molecular flexibility index (Phi) is 4.86. The molecule has 4 aliphatic rings. The number of fused-ring (bicyclic) bond motifs is 5. The average molecular weight is 374 g/mol. The quantitative estimate of drug-likeness (QED) is 0.556. The maximum absolute atomic E-state index is 7.12. The minimum absolute atomic E-state index is 0.151. The van der Waals surface area contributed by atoms with Crippen molar-refractivity contribution in [3.05, 3.63) is 0 Å². The first kappa shape index (κ1) is 20.2. The highest BCUT2D eigenvalue weighted by Crippen LogP contribution is 2.68. The van der Waals surface area contributed by atoms with Crippen LogP contribution in [0.2, 0.25) is 0 Å². The van der Waals surface area contributed by atoms with Crippen molar-refractivity contribution in [2.24, 2.45) is 51.6 Å². The molecule has 4 aliphatic carbocycles. The Morgan fingerprint density at radius 2 is 1.59 bits per heavy atom. The van der Waals surface area contributed by atoms with Crippen LogP contribution in [-0.2, 0) is 0 Å². The summed E-state index contributed by atoms with van der Waals surface area (Å²) in [5, 5.41) is 0. The van der Waals surface area contributed by atoms with E-state index in [1.165, 1.54) is 70.6 Å². The lowest BCUT2D eigenvalue weighted by atomic mass is 9.42. The molecule has 4 fully saturated rings. The van der Waals surface area contributed by atoms with E-state index in [1.54, 1.807) is 0 Å². The van der Waals surface area contributed by atoms with Crippen molar-refractivity contribution in [3.63, 3.8) is 0 Å². The molecule has 1 nitrogen and oxygen atoms in total. The topological polar surface area (TPSA) is 26.0 Å². The molecule has 0 bridgehead atoms. The van der Waals surface area contributed by atoms with Gasteiger partial charge in [-0.05, 0) is 104 Å². The Bertz CT molecular complexity index is 565. The van der Waals surface area contributed by atoms with Crippen molar-refractivity contribution >= 4 is 0 Å². The maximum atomic E-state index is 7.12. The van der Waals surface area contributed by atoms with E-state index in [4.69, 9.17) is 5.73 Å². The van der Waals surface area contributed by atoms with E-state index < -0.39 is 0 Å². The first-order chi connectivity index (χ1) is 12.5. The summed E-state index contributed by atoms with van der Waals surface area (Å²) in [4.78, 5) is 0. The van der Waals surface area contributed by atoms with Gasteiger partial charge in [-0.3, -0.25) is 0 Å². The largest absolute Gasteiger partial charge is 0.325 e. The van der Waals surface area contributed by atoms with Crippen molar-refractivity contribution < 1.29 is 0 Å². The van der Waals surface area contributed by atoms with Crippen molar-refractivity contribution in [1.82, 2.24) is 0 Å². The van der Waals surface area contributed by atoms with Crippen molar-refractivity contribution in [2.75, 3.05) is 0 Å². The van der Waals surface area contributed by atoms with Gasteiger partial charge in [-0.15, -0.1) is 0 Å². The smallest absolute Gasteiger partial charge is 0.0211 e. The molecule has 0 amide bonds. The highest BCUT2D eigenvalue weighted by Gasteiger charge is 2.63. The SMILES string of the molecule is CC(C)C(C)(C)CC1CCC2C3CCC4(N)CCCCC4(C)C3CCC12C. The molecule has 156 valence electrons. The molecule has 0 aromatic carbocycles. The van der Waals surface area contributed by atoms with Crippen molar-refractivity contribution in [1.29, 1.82) is 0 Å². The van der Waals surface area contributed by atoms with Crippen LogP contribution in [0.15, 0.2) is 0 Å². The predicted molar refractivity (Wildman–Crippen MR) is 116 cm³/mol. The molecule has 0 spiro atoms.